The number of nitrogens with one attached hydrogen (secondary N) is 2. The zero-order valence-electron chi connectivity index (χ0n) is 22.0. The van der Waals surface area contributed by atoms with E-state index in [0.717, 1.165) is 23.2 Å². The van der Waals surface area contributed by atoms with Crippen molar-refractivity contribution in [3.63, 3.8) is 0 Å². The van der Waals surface area contributed by atoms with E-state index in [2.05, 4.69) is 51.9 Å². The van der Waals surface area contributed by atoms with Crippen LogP contribution in [0.5, 0.6) is 0 Å². The van der Waals surface area contributed by atoms with Crippen LogP contribution in [0, 0.1) is 0 Å². The van der Waals surface area contributed by atoms with Crippen LogP contribution < -0.4 is 10.6 Å². The third-order valence-corrected chi connectivity index (χ3v) is 6.62. The number of alkyl carbamates (subject to hydrolysis) is 1. The Labute approximate surface area is 220 Å². The van der Waals surface area contributed by atoms with E-state index in [9.17, 15) is 9.59 Å². The number of carbonyl (C=O) groups is 2. The van der Waals surface area contributed by atoms with Crippen molar-refractivity contribution in [2.75, 3.05) is 13.1 Å². The van der Waals surface area contributed by atoms with Gasteiger partial charge in [0, 0.05) is 26.2 Å². The molecule has 0 spiro atoms. The van der Waals surface area contributed by atoms with Crippen LogP contribution in [-0.2, 0) is 22.6 Å². The van der Waals surface area contributed by atoms with Crippen molar-refractivity contribution >= 4 is 12.0 Å². The lowest BCUT2D eigenvalue weighted by molar-refractivity contribution is -0.130. The number of carbonyl (C=O) groups excluding carboxylic acids is 2. The minimum Gasteiger partial charge on any atom is -0.444 e. The summed E-state index contributed by atoms with van der Waals surface area (Å²) in [7, 11) is 0. The van der Waals surface area contributed by atoms with Gasteiger partial charge in [0.05, 0.1) is 0 Å². The highest BCUT2D eigenvalue weighted by Gasteiger charge is 2.43. The van der Waals surface area contributed by atoms with E-state index < -0.39 is 17.2 Å². The number of rotatable bonds is 7. The smallest absolute Gasteiger partial charge is 0.408 e. The molecule has 0 aromatic heterocycles. The second kappa shape index (κ2) is 11.6. The molecule has 3 aromatic rings. The lowest BCUT2D eigenvalue weighted by atomic mass is 9.86. The maximum atomic E-state index is 13.6. The molecule has 0 atom stereocenters. The zero-order chi connectivity index (χ0) is 26.3. The monoisotopic (exact) mass is 499 g/mol. The van der Waals surface area contributed by atoms with Crippen LogP contribution in [0.25, 0.3) is 11.1 Å². The van der Waals surface area contributed by atoms with Gasteiger partial charge in [-0.25, -0.2) is 4.79 Å². The van der Waals surface area contributed by atoms with Crippen LogP contribution in [-0.4, -0.2) is 41.1 Å². The van der Waals surface area contributed by atoms with Crippen LogP contribution in [0.4, 0.5) is 4.79 Å². The number of nitrogens with zero attached hydrogens (tertiary/aromatic N) is 1. The van der Waals surface area contributed by atoms with Crippen molar-refractivity contribution in [1.29, 1.82) is 0 Å². The SMILES string of the molecule is CC(C)(C)OC(=O)NC1(C(=O)NCc2cccc(-c3ccccc3)c2)CCN(Cc2ccccc2)CC1. The Kier molecular flexibility index (Phi) is 8.29. The molecule has 6 heteroatoms. The summed E-state index contributed by atoms with van der Waals surface area (Å²) >= 11 is 0. The first-order valence-corrected chi connectivity index (χ1v) is 12.9. The molecule has 3 aromatic carbocycles. The van der Waals surface area contributed by atoms with Crippen LogP contribution in [0.1, 0.15) is 44.7 Å². The van der Waals surface area contributed by atoms with E-state index in [-0.39, 0.29) is 5.91 Å². The van der Waals surface area contributed by atoms with Crippen molar-refractivity contribution < 1.29 is 14.3 Å². The molecule has 2 amide bonds. The number of ether oxygens (including phenoxy) is 1. The van der Waals surface area contributed by atoms with E-state index in [1.165, 1.54) is 5.56 Å². The lowest BCUT2D eigenvalue weighted by Gasteiger charge is -2.41. The van der Waals surface area contributed by atoms with E-state index in [1.807, 2.05) is 69.3 Å². The fourth-order valence-electron chi connectivity index (χ4n) is 4.69. The van der Waals surface area contributed by atoms with Crippen LogP contribution in [0.15, 0.2) is 84.9 Å². The van der Waals surface area contributed by atoms with Crippen molar-refractivity contribution in [2.45, 2.75) is 57.8 Å². The highest BCUT2D eigenvalue weighted by molar-refractivity contribution is 5.90. The van der Waals surface area contributed by atoms with E-state index in [4.69, 9.17) is 4.74 Å². The molecule has 37 heavy (non-hydrogen) atoms. The molecule has 194 valence electrons. The highest BCUT2D eigenvalue weighted by Crippen LogP contribution is 2.26. The zero-order valence-corrected chi connectivity index (χ0v) is 22.0. The molecule has 0 bridgehead atoms. The summed E-state index contributed by atoms with van der Waals surface area (Å²) in [5.41, 5.74) is 2.80. The van der Waals surface area contributed by atoms with Gasteiger partial charge in [0.15, 0.2) is 0 Å². The largest absolute Gasteiger partial charge is 0.444 e. The van der Waals surface area contributed by atoms with Gasteiger partial charge >= 0.3 is 6.09 Å². The van der Waals surface area contributed by atoms with Gasteiger partial charge in [-0.05, 0) is 61.9 Å². The minimum absolute atomic E-state index is 0.178. The van der Waals surface area contributed by atoms with Crippen molar-refractivity contribution in [1.82, 2.24) is 15.5 Å². The Morgan fingerprint density at radius 2 is 1.43 bits per heavy atom. The second-order valence-corrected chi connectivity index (χ2v) is 10.7. The van der Waals surface area contributed by atoms with Crippen LogP contribution >= 0.6 is 0 Å². The predicted molar refractivity (Wildman–Crippen MR) is 147 cm³/mol. The average molecular weight is 500 g/mol. The van der Waals surface area contributed by atoms with E-state index in [1.54, 1.807) is 0 Å². The number of benzene rings is 3. The fraction of sp³-hybridized carbons (Fsp3) is 0.355. The maximum Gasteiger partial charge on any atom is 0.408 e. The molecule has 1 fully saturated rings. The first-order valence-electron chi connectivity index (χ1n) is 12.9. The molecular formula is C31H37N3O3. The highest BCUT2D eigenvalue weighted by atomic mass is 16.6. The van der Waals surface area contributed by atoms with Gasteiger partial charge in [-0.3, -0.25) is 9.69 Å². The summed E-state index contributed by atoms with van der Waals surface area (Å²) in [5, 5.41) is 6.04. The summed E-state index contributed by atoms with van der Waals surface area (Å²) in [4.78, 5) is 28.7. The molecule has 4 rings (SSSR count). The summed E-state index contributed by atoms with van der Waals surface area (Å²) in [6, 6.07) is 28.6. The van der Waals surface area contributed by atoms with Crippen molar-refractivity contribution in [3.8, 4) is 11.1 Å². The fourth-order valence-corrected chi connectivity index (χ4v) is 4.69. The number of likely N-dealkylation sites (tertiary alicyclic amines) is 1. The van der Waals surface area contributed by atoms with E-state index >= 15 is 0 Å². The van der Waals surface area contributed by atoms with Gasteiger partial charge in [0.2, 0.25) is 5.91 Å². The second-order valence-electron chi connectivity index (χ2n) is 10.7. The molecule has 0 aliphatic carbocycles. The minimum atomic E-state index is -1.02. The van der Waals surface area contributed by atoms with Crippen molar-refractivity contribution in [3.05, 3.63) is 96.1 Å². The van der Waals surface area contributed by atoms with Gasteiger partial charge in [0.25, 0.3) is 0 Å². The lowest BCUT2D eigenvalue weighted by Crippen LogP contribution is -2.63. The molecular weight excluding hydrogens is 462 g/mol. The summed E-state index contributed by atoms with van der Waals surface area (Å²) in [6.07, 6.45) is 0.453. The maximum absolute atomic E-state index is 13.6. The molecule has 1 aliphatic rings. The molecule has 1 aliphatic heterocycles. The molecule has 0 radical (unpaired) electrons. The third kappa shape index (κ3) is 7.43. The molecule has 1 heterocycles. The summed E-state index contributed by atoms with van der Waals surface area (Å²) in [6.45, 7) is 8.05. The summed E-state index contributed by atoms with van der Waals surface area (Å²) in [5.74, 6) is -0.178. The molecule has 6 nitrogen and oxygen atoms in total. The van der Waals surface area contributed by atoms with E-state index in [0.29, 0.717) is 32.5 Å². The average Bonchev–Trinajstić information content (AvgIpc) is 2.88. The number of hydrogen-bond acceptors (Lipinski definition) is 4. The van der Waals surface area contributed by atoms with Crippen LogP contribution in [0.2, 0.25) is 0 Å². The Bertz CT molecular complexity index is 1180. The predicted octanol–water partition coefficient (Wildman–Crippen LogP) is 5.53. The van der Waals surface area contributed by atoms with Gasteiger partial charge in [0.1, 0.15) is 11.1 Å². The first-order chi connectivity index (χ1) is 17.7. The Balaban J connectivity index is 1.44. The standard InChI is InChI=1S/C31H37N3O3/c1-30(2,3)37-29(36)33-31(17-19-34(20-18-31)23-24-11-6-4-7-12-24)28(35)32-22-25-13-10-16-27(21-25)26-14-8-5-9-15-26/h4-16,21H,17-20,22-23H2,1-3H3,(H,32,35)(H,33,36). The number of hydrogen-bond donors (Lipinski definition) is 2. The van der Waals surface area contributed by atoms with Gasteiger partial charge in [-0.15, -0.1) is 0 Å². The molecule has 0 unspecified atom stereocenters. The topological polar surface area (TPSA) is 70.7 Å². The molecule has 1 saturated heterocycles. The Hall–Kier alpha value is -3.64. The summed E-state index contributed by atoms with van der Waals surface area (Å²) < 4.78 is 5.52. The van der Waals surface area contributed by atoms with Crippen LogP contribution in [0.3, 0.4) is 0 Å². The molecule has 0 saturated carbocycles. The van der Waals surface area contributed by atoms with Gasteiger partial charge in [-0.1, -0.05) is 78.9 Å². The van der Waals surface area contributed by atoms with Gasteiger partial charge < -0.3 is 15.4 Å². The van der Waals surface area contributed by atoms with Crippen molar-refractivity contribution in [2.24, 2.45) is 0 Å². The number of piperidine rings is 1. The first kappa shape index (κ1) is 26.4. The number of amides is 2. The molecule has 2 N–H and O–H groups in total. The van der Waals surface area contributed by atoms with Gasteiger partial charge in [-0.2, -0.15) is 0 Å². The Morgan fingerprint density at radius 3 is 2.08 bits per heavy atom. The normalized spacial score (nSPS) is 15.5. The quantitative estimate of drug-likeness (QED) is 0.449. The Morgan fingerprint density at radius 1 is 0.838 bits per heavy atom. The third-order valence-electron chi connectivity index (χ3n) is 6.62.